The molecule has 0 aliphatic heterocycles. The molecule has 0 radical (unpaired) electrons. The lowest BCUT2D eigenvalue weighted by atomic mass is 10.1. The van der Waals surface area contributed by atoms with Crippen LogP contribution in [0.3, 0.4) is 0 Å². The van der Waals surface area contributed by atoms with E-state index in [1.54, 1.807) is 11.9 Å². The number of carbonyl (C=O) groups excluding carboxylic acids is 1. The Hall–Kier alpha value is -2.68. The largest absolute Gasteiger partial charge is 0.337 e. The molecule has 2 rings (SSSR count). The zero-order valence-electron chi connectivity index (χ0n) is 11.4. The molecular formula is C14H15N5O. The van der Waals surface area contributed by atoms with Gasteiger partial charge in [-0.1, -0.05) is 30.3 Å². The summed E-state index contributed by atoms with van der Waals surface area (Å²) in [6.07, 6.45) is 1.39. The molecule has 0 bridgehead atoms. The van der Waals surface area contributed by atoms with Gasteiger partial charge in [0.2, 0.25) is 11.7 Å². The molecule has 20 heavy (non-hydrogen) atoms. The van der Waals surface area contributed by atoms with E-state index in [9.17, 15) is 4.79 Å². The fourth-order valence-corrected chi connectivity index (χ4v) is 1.89. The van der Waals surface area contributed by atoms with Gasteiger partial charge >= 0.3 is 0 Å². The number of likely N-dealkylation sites (N-methyl/N-ethyl adjacent to an activating group) is 1. The number of rotatable bonds is 4. The predicted molar refractivity (Wildman–Crippen MR) is 72.4 cm³/mol. The smallest absolute Gasteiger partial charge is 0.242 e. The number of carbonyl (C=O) groups is 1. The van der Waals surface area contributed by atoms with Crippen molar-refractivity contribution in [1.29, 1.82) is 5.26 Å². The zero-order chi connectivity index (χ0) is 14.5. The Morgan fingerprint density at radius 2 is 2.15 bits per heavy atom. The van der Waals surface area contributed by atoms with Crippen LogP contribution in [0.4, 0.5) is 0 Å². The minimum atomic E-state index is -0.0994. The Balaban J connectivity index is 2.08. The van der Waals surface area contributed by atoms with Crippen LogP contribution in [0, 0.1) is 11.3 Å². The molecule has 0 aliphatic rings. The van der Waals surface area contributed by atoms with Crippen LogP contribution in [0.2, 0.25) is 0 Å². The second kappa shape index (κ2) is 5.97. The van der Waals surface area contributed by atoms with Crippen LogP contribution >= 0.6 is 0 Å². The minimum Gasteiger partial charge on any atom is -0.337 e. The van der Waals surface area contributed by atoms with E-state index in [1.165, 1.54) is 10.9 Å². The van der Waals surface area contributed by atoms with Gasteiger partial charge in [0.1, 0.15) is 18.9 Å². The van der Waals surface area contributed by atoms with Crippen molar-refractivity contribution in [1.82, 2.24) is 19.7 Å². The molecule has 1 aromatic carbocycles. The summed E-state index contributed by atoms with van der Waals surface area (Å²) in [5.74, 6) is 0.0387. The average Bonchev–Trinajstić information content (AvgIpc) is 2.93. The highest BCUT2D eigenvalue weighted by molar-refractivity contribution is 5.76. The maximum Gasteiger partial charge on any atom is 0.242 e. The summed E-state index contributed by atoms with van der Waals surface area (Å²) in [6, 6.07) is 11.6. The molecule has 2 aromatic rings. The van der Waals surface area contributed by atoms with Crippen molar-refractivity contribution in [2.45, 2.75) is 19.5 Å². The van der Waals surface area contributed by atoms with E-state index >= 15 is 0 Å². The minimum absolute atomic E-state index is 0.0364. The van der Waals surface area contributed by atoms with Crippen LogP contribution < -0.4 is 0 Å². The number of benzene rings is 1. The van der Waals surface area contributed by atoms with E-state index in [-0.39, 0.29) is 24.3 Å². The summed E-state index contributed by atoms with van der Waals surface area (Å²) >= 11 is 0. The third-order valence-electron chi connectivity index (χ3n) is 3.28. The van der Waals surface area contributed by atoms with Crippen LogP contribution in [0.15, 0.2) is 36.7 Å². The van der Waals surface area contributed by atoms with Gasteiger partial charge in [0, 0.05) is 7.05 Å². The second-order valence-corrected chi connectivity index (χ2v) is 4.49. The molecule has 0 saturated carbocycles. The first-order valence-electron chi connectivity index (χ1n) is 6.22. The molecule has 1 unspecified atom stereocenters. The number of nitrogens with zero attached hydrogens (tertiary/aromatic N) is 5. The number of hydrogen-bond acceptors (Lipinski definition) is 4. The monoisotopic (exact) mass is 269 g/mol. The standard InChI is InChI=1S/C14H15N5O/c1-11(12-6-4-3-5-7-12)18(2)14(20)9-19-10-16-17-13(19)8-15/h3-7,10-11H,9H2,1-2H3. The van der Waals surface area contributed by atoms with Gasteiger partial charge in [-0.05, 0) is 12.5 Å². The molecule has 0 aliphatic carbocycles. The normalized spacial score (nSPS) is 11.7. The van der Waals surface area contributed by atoms with E-state index in [0.717, 1.165) is 5.56 Å². The van der Waals surface area contributed by atoms with Crippen molar-refractivity contribution >= 4 is 5.91 Å². The fourth-order valence-electron chi connectivity index (χ4n) is 1.89. The van der Waals surface area contributed by atoms with Gasteiger partial charge in [-0.25, -0.2) is 0 Å². The Morgan fingerprint density at radius 1 is 1.45 bits per heavy atom. The van der Waals surface area contributed by atoms with E-state index < -0.39 is 0 Å². The second-order valence-electron chi connectivity index (χ2n) is 4.49. The lowest BCUT2D eigenvalue weighted by Gasteiger charge is -2.25. The Morgan fingerprint density at radius 3 is 2.80 bits per heavy atom. The first-order valence-corrected chi connectivity index (χ1v) is 6.22. The molecule has 1 heterocycles. The quantitative estimate of drug-likeness (QED) is 0.840. The van der Waals surface area contributed by atoms with Gasteiger partial charge in [0.05, 0.1) is 6.04 Å². The number of amides is 1. The number of nitriles is 1. The van der Waals surface area contributed by atoms with E-state index in [1.807, 2.05) is 43.3 Å². The summed E-state index contributed by atoms with van der Waals surface area (Å²) in [7, 11) is 1.75. The molecular weight excluding hydrogens is 254 g/mol. The molecule has 102 valence electrons. The Kier molecular flexibility index (Phi) is 4.11. The van der Waals surface area contributed by atoms with Crippen molar-refractivity contribution < 1.29 is 4.79 Å². The molecule has 0 spiro atoms. The van der Waals surface area contributed by atoms with Crippen molar-refractivity contribution in [2.24, 2.45) is 0 Å². The number of aromatic nitrogens is 3. The highest BCUT2D eigenvalue weighted by atomic mass is 16.2. The summed E-state index contributed by atoms with van der Waals surface area (Å²) in [5.41, 5.74) is 1.06. The van der Waals surface area contributed by atoms with Gasteiger partial charge in [0.25, 0.3) is 0 Å². The molecule has 0 fully saturated rings. The summed E-state index contributed by atoms with van der Waals surface area (Å²) in [5, 5.41) is 16.1. The average molecular weight is 269 g/mol. The summed E-state index contributed by atoms with van der Waals surface area (Å²) in [6.45, 7) is 2.02. The molecule has 6 nitrogen and oxygen atoms in total. The Labute approximate surface area is 117 Å². The lowest BCUT2D eigenvalue weighted by Crippen LogP contribution is -2.32. The molecule has 1 amide bonds. The van der Waals surface area contributed by atoms with Crippen LogP contribution in [-0.2, 0) is 11.3 Å². The zero-order valence-corrected chi connectivity index (χ0v) is 11.4. The van der Waals surface area contributed by atoms with Crippen molar-refractivity contribution in [3.63, 3.8) is 0 Å². The van der Waals surface area contributed by atoms with Crippen LogP contribution in [-0.4, -0.2) is 32.6 Å². The summed E-state index contributed by atoms with van der Waals surface area (Å²) in [4.78, 5) is 13.9. The molecule has 1 atom stereocenters. The Bertz CT molecular complexity index is 629. The van der Waals surface area contributed by atoms with Gasteiger partial charge in [-0.15, -0.1) is 10.2 Å². The summed E-state index contributed by atoms with van der Waals surface area (Å²) < 4.78 is 1.44. The maximum atomic E-state index is 12.2. The van der Waals surface area contributed by atoms with Gasteiger partial charge in [-0.3, -0.25) is 9.36 Å². The van der Waals surface area contributed by atoms with Crippen molar-refractivity contribution in [3.8, 4) is 6.07 Å². The van der Waals surface area contributed by atoms with Crippen LogP contribution in [0.1, 0.15) is 24.4 Å². The third-order valence-corrected chi connectivity index (χ3v) is 3.28. The van der Waals surface area contributed by atoms with Crippen molar-refractivity contribution in [2.75, 3.05) is 7.05 Å². The molecule has 6 heteroatoms. The van der Waals surface area contributed by atoms with Gasteiger partial charge < -0.3 is 4.90 Å². The van der Waals surface area contributed by atoms with E-state index in [2.05, 4.69) is 10.2 Å². The molecule has 0 N–H and O–H groups in total. The first kappa shape index (κ1) is 13.7. The van der Waals surface area contributed by atoms with Gasteiger partial charge in [-0.2, -0.15) is 5.26 Å². The molecule has 1 aromatic heterocycles. The molecule has 0 saturated heterocycles. The SMILES string of the molecule is CC(c1ccccc1)N(C)C(=O)Cn1cnnc1C#N. The first-order chi connectivity index (χ1) is 9.63. The predicted octanol–water partition coefficient (Wildman–Crippen LogP) is 1.37. The van der Waals surface area contributed by atoms with E-state index in [0.29, 0.717) is 0 Å². The van der Waals surface area contributed by atoms with Crippen molar-refractivity contribution in [3.05, 3.63) is 48.0 Å². The van der Waals surface area contributed by atoms with E-state index in [4.69, 9.17) is 5.26 Å². The van der Waals surface area contributed by atoms with Crippen LogP contribution in [0.25, 0.3) is 0 Å². The highest BCUT2D eigenvalue weighted by Gasteiger charge is 2.18. The number of hydrogen-bond donors (Lipinski definition) is 0. The fraction of sp³-hybridized carbons (Fsp3) is 0.286. The van der Waals surface area contributed by atoms with Crippen LogP contribution in [0.5, 0.6) is 0 Å². The third kappa shape index (κ3) is 2.83. The maximum absolute atomic E-state index is 12.2. The van der Waals surface area contributed by atoms with Gasteiger partial charge in [0.15, 0.2) is 0 Å². The lowest BCUT2D eigenvalue weighted by molar-refractivity contribution is -0.132. The topological polar surface area (TPSA) is 74.8 Å². The highest BCUT2D eigenvalue weighted by Crippen LogP contribution is 2.18.